The summed E-state index contributed by atoms with van der Waals surface area (Å²) >= 11 is 0. The van der Waals surface area contributed by atoms with E-state index < -0.39 is 0 Å². The molecule has 1 fully saturated rings. The first kappa shape index (κ1) is 16.9. The highest BCUT2D eigenvalue weighted by Gasteiger charge is 2.22. The van der Waals surface area contributed by atoms with Crippen molar-refractivity contribution < 1.29 is 5.11 Å². The van der Waals surface area contributed by atoms with Crippen LogP contribution in [0.3, 0.4) is 0 Å². The summed E-state index contributed by atoms with van der Waals surface area (Å²) in [4.78, 5) is 21.9. The molecule has 0 bridgehead atoms. The van der Waals surface area contributed by atoms with Crippen LogP contribution in [0.25, 0.3) is 10.9 Å². The van der Waals surface area contributed by atoms with E-state index in [-0.39, 0.29) is 18.7 Å². The Balaban J connectivity index is 1.87. The van der Waals surface area contributed by atoms with Crippen LogP contribution < -0.4 is 10.9 Å². The molecule has 2 heterocycles. The minimum atomic E-state index is -0.119. The first-order valence-electron chi connectivity index (χ1n) is 8.33. The Morgan fingerprint density at radius 2 is 2.08 bits per heavy atom. The zero-order valence-corrected chi connectivity index (χ0v) is 14.3. The summed E-state index contributed by atoms with van der Waals surface area (Å²) in [7, 11) is 4.24. The molecule has 3 rings (SSSR count). The van der Waals surface area contributed by atoms with Crippen LogP contribution in [0.1, 0.15) is 0 Å². The van der Waals surface area contributed by atoms with Gasteiger partial charge in [-0.15, -0.1) is 0 Å². The van der Waals surface area contributed by atoms with Gasteiger partial charge in [0.05, 0.1) is 24.1 Å². The van der Waals surface area contributed by atoms with Gasteiger partial charge in [0.2, 0.25) is 5.95 Å². The lowest BCUT2D eigenvalue weighted by Gasteiger charge is -2.37. The number of benzene rings is 1. The van der Waals surface area contributed by atoms with E-state index in [2.05, 4.69) is 34.2 Å². The van der Waals surface area contributed by atoms with E-state index in [1.165, 1.54) is 4.57 Å². The Kier molecular flexibility index (Phi) is 5.13. The van der Waals surface area contributed by atoms with Crippen LogP contribution in [0.4, 0.5) is 5.95 Å². The number of para-hydroxylation sites is 1. The van der Waals surface area contributed by atoms with Crippen LogP contribution in [0.15, 0.2) is 29.1 Å². The lowest BCUT2D eigenvalue weighted by molar-refractivity contribution is 0.121. The summed E-state index contributed by atoms with van der Waals surface area (Å²) in [6.07, 6.45) is 0. The number of aromatic nitrogens is 2. The van der Waals surface area contributed by atoms with Crippen molar-refractivity contribution in [2.45, 2.75) is 12.6 Å². The molecule has 0 aliphatic carbocycles. The van der Waals surface area contributed by atoms with Gasteiger partial charge in [-0.1, -0.05) is 12.1 Å². The van der Waals surface area contributed by atoms with Crippen molar-refractivity contribution in [2.24, 2.45) is 0 Å². The Bertz CT molecular complexity index is 760. The third-order valence-corrected chi connectivity index (χ3v) is 4.66. The van der Waals surface area contributed by atoms with Crippen molar-refractivity contribution in [2.75, 3.05) is 52.2 Å². The highest BCUT2D eigenvalue weighted by molar-refractivity contribution is 5.78. The molecular weight excluding hydrogens is 306 g/mol. The number of rotatable bonds is 5. The molecule has 0 radical (unpaired) electrons. The predicted molar refractivity (Wildman–Crippen MR) is 95.5 cm³/mol. The van der Waals surface area contributed by atoms with Crippen LogP contribution in [-0.2, 0) is 6.54 Å². The molecule has 0 amide bonds. The van der Waals surface area contributed by atoms with Gasteiger partial charge in [-0.25, -0.2) is 4.98 Å². The van der Waals surface area contributed by atoms with Crippen molar-refractivity contribution in [3.05, 3.63) is 34.6 Å². The number of hydrogen-bond acceptors (Lipinski definition) is 6. The van der Waals surface area contributed by atoms with Gasteiger partial charge in [0.1, 0.15) is 0 Å². The molecule has 7 nitrogen and oxygen atoms in total. The normalized spacial score (nSPS) is 19.7. The highest BCUT2D eigenvalue weighted by atomic mass is 16.3. The van der Waals surface area contributed by atoms with Gasteiger partial charge in [0.25, 0.3) is 5.56 Å². The zero-order valence-electron chi connectivity index (χ0n) is 14.3. The standard InChI is InChI=1S/C17H25N5O2/c1-20-7-8-21(2)13(12-20)11-18-17-19-15-6-4-3-5-14(15)16(24)22(17)9-10-23/h3-6,13,23H,7-12H2,1-2H3,(H,18,19). The summed E-state index contributed by atoms with van der Waals surface area (Å²) in [5.74, 6) is 0.523. The topological polar surface area (TPSA) is 73.6 Å². The number of anilines is 1. The lowest BCUT2D eigenvalue weighted by Crippen LogP contribution is -2.52. The van der Waals surface area contributed by atoms with Gasteiger partial charge >= 0.3 is 0 Å². The van der Waals surface area contributed by atoms with E-state index in [9.17, 15) is 9.90 Å². The molecule has 1 atom stereocenters. The Labute approximate surface area is 141 Å². The highest BCUT2D eigenvalue weighted by Crippen LogP contribution is 2.12. The zero-order chi connectivity index (χ0) is 17.1. The van der Waals surface area contributed by atoms with E-state index in [0.29, 0.717) is 29.4 Å². The number of aliphatic hydroxyl groups is 1. The van der Waals surface area contributed by atoms with Crippen molar-refractivity contribution in [3.63, 3.8) is 0 Å². The largest absolute Gasteiger partial charge is 0.395 e. The second kappa shape index (κ2) is 7.29. The molecule has 0 saturated carbocycles. The maximum Gasteiger partial charge on any atom is 0.262 e. The Morgan fingerprint density at radius 1 is 1.29 bits per heavy atom. The SMILES string of the molecule is CN1CCN(C)C(CNc2nc3ccccc3c(=O)n2CCO)C1. The van der Waals surface area contributed by atoms with Gasteiger partial charge < -0.3 is 15.3 Å². The van der Waals surface area contributed by atoms with Crippen molar-refractivity contribution in [1.82, 2.24) is 19.4 Å². The number of nitrogens with one attached hydrogen (secondary N) is 1. The summed E-state index contributed by atoms with van der Waals surface area (Å²) in [5, 5.41) is 13.2. The lowest BCUT2D eigenvalue weighted by atomic mass is 10.2. The molecule has 7 heteroatoms. The van der Waals surface area contributed by atoms with Gasteiger partial charge in [-0.05, 0) is 26.2 Å². The minimum absolute atomic E-state index is 0.0966. The quantitative estimate of drug-likeness (QED) is 0.806. The van der Waals surface area contributed by atoms with Gasteiger partial charge in [0.15, 0.2) is 0 Å². The van der Waals surface area contributed by atoms with E-state index in [4.69, 9.17) is 0 Å². The van der Waals surface area contributed by atoms with E-state index >= 15 is 0 Å². The predicted octanol–water partition coefficient (Wildman–Crippen LogP) is 0.0465. The number of nitrogens with zero attached hydrogens (tertiary/aromatic N) is 4. The van der Waals surface area contributed by atoms with Crippen LogP contribution in [0, 0.1) is 0 Å². The third-order valence-electron chi connectivity index (χ3n) is 4.66. The van der Waals surface area contributed by atoms with Crippen molar-refractivity contribution >= 4 is 16.9 Å². The maximum absolute atomic E-state index is 12.7. The fraction of sp³-hybridized carbons (Fsp3) is 0.529. The Morgan fingerprint density at radius 3 is 2.88 bits per heavy atom. The molecule has 1 unspecified atom stereocenters. The number of fused-ring (bicyclic) bond motifs is 1. The molecule has 0 spiro atoms. The van der Waals surface area contributed by atoms with Crippen LogP contribution >= 0.6 is 0 Å². The van der Waals surface area contributed by atoms with Crippen LogP contribution in [0.5, 0.6) is 0 Å². The molecule has 1 saturated heterocycles. The molecular formula is C17H25N5O2. The van der Waals surface area contributed by atoms with E-state index in [1.54, 1.807) is 6.07 Å². The number of aliphatic hydroxyl groups excluding tert-OH is 1. The minimum Gasteiger partial charge on any atom is -0.395 e. The summed E-state index contributed by atoms with van der Waals surface area (Å²) in [6.45, 7) is 3.91. The summed E-state index contributed by atoms with van der Waals surface area (Å²) in [6, 6.07) is 7.67. The summed E-state index contributed by atoms with van der Waals surface area (Å²) in [5.41, 5.74) is 0.555. The van der Waals surface area contributed by atoms with E-state index in [1.807, 2.05) is 18.2 Å². The fourth-order valence-corrected chi connectivity index (χ4v) is 3.14. The van der Waals surface area contributed by atoms with Gasteiger partial charge in [-0.3, -0.25) is 14.3 Å². The molecule has 130 valence electrons. The first-order chi connectivity index (χ1) is 11.6. The maximum atomic E-state index is 12.7. The number of likely N-dealkylation sites (N-methyl/N-ethyl adjacent to an activating group) is 2. The average molecular weight is 331 g/mol. The van der Waals surface area contributed by atoms with Crippen molar-refractivity contribution in [3.8, 4) is 0 Å². The van der Waals surface area contributed by atoms with Gasteiger partial charge in [0, 0.05) is 32.2 Å². The summed E-state index contributed by atoms with van der Waals surface area (Å²) < 4.78 is 1.52. The van der Waals surface area contributed by atoms with Crippen molar-refractivity contribution in [1.29, 1.82) is 0 Å². The first-order valence-corrected chi connectivity index (χ1v) is 8.33. The fourth-order valence-electron chi connectivity index (χ4n) is 3.14. The third kappa shape index (κ3) is 3.43. The van der Waals surface area contributed by atoms with Gasteiger partial charge in [-0.2, -0.15) is 0 Å². The number of hydrogen-bond donors (Lipinski definition) is 2. The Hall–Kier alpha value is -1.96. The molecule has 2 aromatic rings. The van der Waals surface area contributed by atoms with E-state index in [0.717, 1.165) is 19.6 Å². The smallest absolute Gasteiger partial charge is 0.262 e. The molecule has 2 N–H and O–H groups in total. The molecule has 1 aliphatic heterocycles. The average Bonchev–Trinajstić information content (AvgIpc) is 2.58. The molecule has 24 heavy (non-hydrogen) atoms. The second-order valence-corrected chi connectivity index (χ2v) is 6.41. The molecule has 1 aromatic heterocycles. The number of piperazine rings is 1. The van der Waals surface area contributed by atoms with Crippen LogP contribution in [-0.4, -0.2) is 77.4 Å². The van der Waals surface area contributed by atoms with Crippen LogP contribution in [0.2, 0.25) is 0 Å². The molecule has 1 aliphatic rings. The second-order valence-electron chi connectivity index (χ2n) is 6.41. The monoisotopic (exact) mass is 331 g/mol. The molecule has 1 aromatic carbocycles.